The second kappa shape index (κ2) is 8.99. The summed E-state index contributed by atoms with van der Waals surface area (Å²) < 4.78 is 7.48. The van der Waals surface area contributed by atoms with E-state index in [-0.39, 0.29) is 0 Å². The number of benzene rings is 2. The number of hydrogen-bond acceptors (Lipinski definition) is 4. The van der Waals surface area contributed by atoms with E-state index < -0.39 is 0 Å². The molecule has 4 rings (SSSR count). The van der Waals surface area contributed by atoms with Crippen LogP contribution in [0.25, 0.3) is 27.8 Å². The summed E-state index contributed by atoms with van der Waals surface area (Å²) in [7, 11) is 1.68. The lowest BCUT2D eigenvalue weighted by Crippen LogP contribution is -2.26. The highest BCUT2D eigenvalue weighted by molar-refractivity contribution is 6.02. The van der Waals surface area contributed by atoms with Gasteiger partial charge in [0.05, 0.1) is 12.5 Å². The minimum atomic E-state index is 0.839. The number of hydrogen-bond donors (Lipinski definition) is 0. The van der Waals surface area contributed by atoms with Crippen molar-refractivity contribution in [2.45, 2.75) is 26.7 Å². The monoisotopic (exact) mass is 400 g/mol. The summed E-state index contributed by atoms with van der Waals surface area (Å²) in [5, 5.41) is 1.10. The maximum absolute atomic E-state index is 5.33. The van der Waals surface area contributed by atoms with Gasteiger partial charge in [-0.1, -0.05) is 44.2 Å². The molecule has 0 radical (unpaired) electrons. The third kappa shape index (κ3) is 3.75. The Morgan fingerprint density at radius 1 is 0.900 bits per heavy atom. The summed E-state index contributed by atoms with van der Waals surface area (Å²) in [5.74, 6) is 1.85. The smallest absolute Gasteiger partial charge is 0.150 e. The minimum absolute atomic E-state index is 0.839. The molecule has 0 aliphatic carbocycles. The second-order valence-electron chi connectivity index (χ2n) is 7.36. The van der Waals surface area contributed by atoms with Gasteiger partial charge in [0.15, 0.2) is 5.65 Å². The molecule has 5 heteroatoms. The second-order valence-corrected chi connectivity index (χ2v) is 7.36. The molecule has 0 bridgehead atoms. The van der Waals surface area contributed by atoms with E-state index in [1.807, 2.05) is 18.2 Å². The Morgan fingerprint density at radius 3 is 2.23 bits per heavy atom. The molecule has 0 unspecified atom stereocenters. The maximum Gasteiger partial charge on any atom is 0.150 e. The molecule has 0 saturated carbocycles. The SMILES string of the molecule is CCCN(CCC)c1ncnc2c1c(-c1ccccc1)cn2-c1ccc(OC)cc1. The highest BCUT2D eigenvalue weighted by atomic mass is 16.5. The molecule has 0 atom stereocenters. The van der Waals surface area contributed by atoms with Crippen LogP contribution in [0.15, 0.2) is 67.1 Å². The molecule has 0 saturated heterocycles. The van der Waals surface area contributed by atoms with Crippen LogP contribution in [0, 0.1) is 0 Å². The van der Waals surface area contributed by atoms with Crippen LogP contribution in [0.4, 0.5) is 5.82 Å². The van der Waals surface area contributed by atoms with Crippen LogP contribution in [-0.4, -0.2) is 34.7 Å². The van der Waals surface area contributed by atoms with Gasteiger partial charge in [-0.15, -0.1) is 0 Å². The zero-order valence-corrected chi connectivity index (χ0v) is 17.9. The van der Waals surface area contributed by atoms with Crippen molar-refractivity contribution >= 4 is 16.9 Å². The summed E-state index contributed by atoms with van der Waals surface area (Å²) in [6.07, 6.45) is 6.01. The highest BCUT2D eigenvalue weighted by Gasteiger charge is 2.20. The van der Waals surface area contributed by atoms with Crippen LogP contribution in [0.2, 0.25) is 0 Å². The summed E-state index contributed by atoms with van der Waals surface area (Å²) in [6.45, 7) is 6.37. The summed E-state index contributed by atoms with van der Waals surface area (Å²) in [4.78, 5) is 11.8. The Hall–Kier alpha value is -3.34. The van der Waals surface area contributed by atoms with Gasteiger partial charge in [-0.05, 0) is 42.7 Å². The van der Waals surface area contributed by atoms with E-state index in [9.17, 15) is 0 Å². The Bertz CT molecular complexity index is 1100. The molecule has 2 heterocycles. The average Bonchev–Trinajstić information content (AvgIpc) is 3.19. The van der Waals surface area contributed by atoms with Crippen LogP contribution in [0.3, 0.4) is 0 Å². The first kappa shape index (κ1) is 20.0. The Labute approximate surface area is 178 Å². The molecular formula is C25H28N4O. The quantitative estimate of drug-likeness (QED) is 0.379. The topological polar surface area (TPSA) is 43.2 Å². The lowest BCUT2D eigenvalue weighted by Gasteiger charge is -2.23. The van der Waals surface area contributed by atoms with E-state index >= 15 is 0 Å². The van der Waals surface area contributed by atoms with Crippen molar-refractivity contribution in [2.75, 3.05) is 25.1 Å². The molecule has 0 N–H and O–H groups in total. The van der Waals surface area contributed by atoms with E-state index in [1.54, 1.807) is 13.4 Å². The third-order valence-corrected chi connectivity index (χ3v) is 5.28. The fourth-order valence-corrected chi connectivity index (χ4v) is 3.93. The normalized spacial score (nSPS) is 11.0. The number of rotatable bonds is 8. The first-order valence-electron chi connectivity index (χ1n) is 10.6. The first-order chi connectivity index (χ1) is 14.8. The first-order valence-corrected chi connectivity index (χ1v) is 10.6. The molecule has 2 aromatic heterocycles. The third-order valence-electron chi connectivity index (χ3n) is 5.28. The number of methoxy groups -OCH3 is 1. The maximum atomic E-state index is 5.33. The molecule has 5 nitrogen and oxygen atoms in total. The molecule has 0 amide bonds. The molecule has 4 aromatic rings. The van der Waals surface area contributed by atoms with Crippen LogP contribution < -0.4 is 9.64 Å². The van der Waals surface area contributed by atoms with Crippen LogP contribution in [0.5, 0.6) is 5.75 Å². The van der Waals surface area contributed by atoms with Gasteiger partial charge < -0.3 is 14.2 Å². The van der Waals surface area contributed by atoms with E-state index in [4.69, 9.17) is 14.7 Å². The van der Waals surface area contributed by atoms with Crippen molar-refractivity contribution in [2.24, 2.45) is 0 Å². The van der Waals surface area contributed by atoms with Crippen molar-refractivity contribution in [3.8, 4) is 22.6 Å². The van der Waals surface area contributed by atoms with E-state index in [2.05, 4.69) is 65.9 Å². The van der Waals surface area contributed by atoms with Crippen molar-refractivity contribution in [1.29, 1.82) is 0 Å². The molecule has 2 aromatic carbocycles. The molecule has 154 valence electrons. The van der Waals surface area contributed by atoms with E-state index in [1.165, 1.54) is 5.56 Å². The van der Waals surface area contributed by atoms with Gasteiger partial charge >= 0.3 is 0 Å². The Kier molecular flexibility index (Phi) is 5.98. The number of aromatic nitrogens is 3. The molecule has 0 spiro atoms. The largest absolute Gasteiger partial charge is 0.497 e. The predicted molar refractivity (Wildman–Crippen MR) is 124 cm³/mol. The van der Waals surface area contributed by atoms with Gasteiger partial charge in [0.1, 0.15) is 17.9 Å². The van der Waals surface area contributed by atoms with Gasteiger partial charge in [-0.3, -0.25) is 0 Å². The highest BCUT2D eigenvalue weighted by Crippen LogP contribution is 2.37. The van der Waals surface area contributed by atoms with Gasteiger partial charge in [-0.2, -0.15) is 0 Å². The predicted octanol–water partition coefficient (Wildman–Crippen LogP) is 5.72. The zero-order valence-electron chi connectivity index (χ0n) is 17.9. The average molecular weight is 401 g/mol. The van der Waals surface area contributed by atoms with Crippen LogP contribution >= 0.6 is 0 Å². The molecule has 30 heavy (non-hydrogen) atoms. The van der Waals surface area contributed by atoms with Crippen LogP contribution in [-0.2, 0) is 0 Å². The molecule has 0 aliphatic heterocycles. The Balaban J connectivity index is 1.97. The lowest BCUT2D eigenvalue weighted by molar-refractivity contribution is 0.415. The number of fused-ring (bicyclic) bond motifs is 1. The number of nitrogens with zero attached hydrogens (tertiary/aromatic N) is 4. The van der Waals surface area contributed by atoms with Crippen molar-refractivity contribution in [3.63, 3.8) is 0 Å². The van der Waals surface area contributed by atoms with Gasteiger partial charge in [0, 0.05) is 30.5 Å². The lowest BCUT2D eigenvalue weighted by atomic mass is 10.1. The minimum Gasteiger partial charge on any atom is -0.497 e. The molecular weight excluding hydrogens is 372 g/mol. The fraction of sp³-hybridized carbons (Fsp3) is 0.280. The molecule has 0 aliphatic rings. The zero-order chi connectivity index (χ0) is 20.9. The standard InChI is InChI=1S/C25H28N4O/c1-4-15-28(16-5-2)24-23-22(19-9-7-6-8-10-19)17-29(25(23)27-18-26-24)20-11-13-21(30-3)14-12-20/h6-14,17-18H,4-5,15-16H2,1-3H3. The van der Waals surface area contributed by atoms with Crippen molar-refractivity contribution in [3.05, 3.63) is 67.1 Å². The summed E-state index contributed by atoms with van der Waals surface area (Å²) >= 11 is 0. The number of anilines is 1. The van der Waals surface area contributed by atoms with Gasteiger partial charge in [0.25, 0.3) is 0 Å². The van der Waals surface area contributed by atoms with E-state index in [0.29, 0.717) is 0 Å². The van der Waals surface area contributed by atoms with Gasteiger partial charge in [-0.25, -0.2) is 9.97 Å². The van der Waals surface area contributed by atoms with E-state index in [0.717, 1.165) is 59.8 Å². The molecule has 0 fully saturated rings. The van der Waals surface area contributed by atoms with Crippen molar-refractivity contribution < 1.29 is 4.74 Å². The fourth-order valence-electron chi connectivity index (χ4n) is 3.93. The summed E-state index contributed by atoms with van der Waals surface area (Å²) in [6, 6.07) is 18.6. The van der Waals surface area contributed by atoms with Gasteiger partial charge in [0.2, 0.25) is 0 Å². The van der Waals surface area contributed by atoms with Crippen molar-refractivity contribution in [1.82, 2.24) is 14.5 Å². The Morgan fingerprint density at radius 2 is 1.60 bits per heavy atom. The van der Waals surface area contributed by atoms with Crippen LogP contribution in [0.1, 0.15) is 26.7 Å². The number of ether oxygens (including phenoxy) is 1. The summed E-state index contributed by atoms with van der Waals surface area (Å²) in [5.41, 5.74) is 4.28.